The standard InChI is InChI=1S/C69H70O38/c70-33-8-1-27(15-37(33)74)4-12-49(79)95-23-44-53(83)57(87)61(91)66(104-44)99-31-19-36(73)32-21-43(103-69-64(94)60(90)56(86)47(107-69)26-98-52(82)22-48(77)78)65(100-41(32)20-31)30-7-10-35(72)42(18-30)102-68-63(93)59(89)55(85)46(106-68)25-97-51(81)14-6-29-3-11-40(39(76)17-29)101-67-62(92)58(88)54(84)45(105-67)24-96-50(80)13-5-28-2-9-34(71)38(75)16-28/h1-21,44-47,53-64,66-72,74-76,83-94H,22-26H2,(H,77,78)/p+1/b12-4?,13-5?,14-6+/t44-,45-,46-,47-,53-,54-,55-,56-,57+,58+,59+,60+,61-,62-,63-,64-,66-,67-,68-,69-/m1/s1. The molecular formula is C69H71O38+. The number of hydrogen-bond donors (Lipinski definition) is 19. The van der Waals surface area contributed by atoms with Gasteiger partial charge in [0.05, 0.1) is 11.6 Å². The van der Waals surface area contributed by atoms with Crippen LogP contribution in [0, 0.1) is 0 Å². The largest absolute Gasteiger partial charge is 0.510 e. The zero-order valence-corrected chi connectivity index (χ0v) is 55.0. The number of hydrogen-bond acceptors (Lipinski definition) is 36. The fraction of sp³-hybridized carbons (Fsp3) is 0.362. The minimum absolute atomic E-state index is 0.126. The van der Waals surface area contributed by atoms with Gasteiger partial charge >= 0.3 is 29.8 Å². The van der Waals surface area contributed by atoms with Gasteiger partial charge in [0.25, 0.3) is 0 Å². The summed E-state index contributed by atoms with van der Waals surface area (Å²) in [6, 6.07) is 17.0. The van der Waals surface area contributed by atoms with Crippen LogP contribution in [-0.4, -0.2) is 281 Å². The summed E-state index contributed by atoms with van der Waals surface area (Å²) in [5.74, 6) is -11.6. The third-order valence-corrected chi connectivity index (χ3v) is 16.8. The highest BCUT2D eigenvalue weighted by atomic mass is 16.7. The number of rotatable bonds is 25. The molecule has 20 N–H and O–H groups in total. The van der Waals surface area contributed by atoms with E-state index in [1.165, 1.54) is 48.6 Å². The van der Waals surface area contributed by atoms with Gasteiger partial charge in [0.15, 0.2) is 69.0 Å². The Labute approximate surface area is 600 Å². The quantitative estimate of drug-likeness (QED) is 0.00685. The molecule has 0 amide bonds. The number of carbonyl (C=O) groups is 4. The Morgan fingerprint density at radius 2 is 0.813 bits per heavy atom. The summed E-state index contributed by atoms with van der Waals surface area (Å²) in [6.45, 7) is -3.13. The van der Waals surface area contributed by atoms with Crippen molar-refractivity contribution in [2.75, 3.05) is 26.4 Å². The van der Waals surface area contributed by atoms with Crippen LogP contribution in [-0.2, 0) is 57.1 Å². The molecular weight excluding hydrogens is 1440 g/mol. The number of aromatic hydroxyl groups is 6. The van der Waals surface area contributed by atoms with Gasteiger partial charge in [0.2, 0.25) is 31.8 Å². The van der Waals surface area contributed by atoms with E-state index < -0.39 is 248 Å². The molecule has 10 rings (SSSR count). The number of aliphatic hydroxyl groups excluding tert-OH is 12. The third-order valence-electron chi connectivity index (χ3n) is 16.8. The number of phenols is 6. The molecule has 6 aliphatic rings. The van der Waals surface area contributed by atoms with Gasteiger partial charge in [0, 0.05) is 29.8 Å². The molecule has 20 atom stereocenters. The fourth-order valence-corrected chi connectivity index (χ4v) is 10.9. The van der Waals surface area contributed by atoms with Gasteiger partial charge in [-0.3, -0.25) is 14.4 Å². The summed E-state index contributed by atoms with van der Waals surface area (Å²) >= 11 is 0. The molecule has 0 unspecified atom stereocenters. The maximum Gasteiger partial charge on any atom is 0.510 e. The SMILES string of the molecule is O=C(O)CC(=O)OC[C@H]1O[C@@H](Oc2cc3c(=O)cc(O[C@@H]4O[C@H](COC(=O)C=Cc5ccc(O)c(O)c5)[C@@H](O)[C@H](O)[C@H]4O)cc-3oc2-c2ccc(O)c(O[C@@H]3O[C@H](COC(=O)/C=C/c4ccc(O[C@@H]5O[C@H](COC(=[OH+])C=Cc6ccc(O)c(O)c6)[C@@H](O)[C@H](O)[C@H]5O)c(O)c4)[C@@H](O)[C@H](O)[C@H]3O)c2)[C@H](O)[C@@H](O)[C@@H]1O. The highest BCUT2D eigenvalue weighted by Crippen LogP contribution is 2.43. The third kappa shape index (κ3) is 19.1. The number of phenolic OH excluding ortho intramolecular Hbond substituents is 6. The predicted octanol–water partition coefficient (Wildman–Crippen LogP) is -2.85. The molecule has 4 fully saturated rings. The van der Waals surface area contributed by atoms with Crippen molar-refractivity contribution in [3.05, 3.63) is 136 Å². The van der Waals surface area contributed by atoms with Crippen LogP contribution >= 0.6 is 0 Å². The van der Waals surface area contributed by atoms with Crippen molar-refractivity contribution in [1.29, 1.82) is 0 Å². The zero-order valence-electron chi connectivity index (χ0n) is 55.0. The summed E-state index contributed by atoms with van der Waals surface area (Å²) < 4.78 is 72.8. The van der Waals surface area contributed by atoms with Crippen LogP contribution in [0.1, 0.15) is 23.1 Å². The van der Waals surface area contributed by atoms with Crippen molar-refractivity contribution < 1.29 is 182 Å². The van der Waals surface area contributed by atoms with E-state index in [-0.39, 0.29) is 33.8 Å². The molecule has 38 nitrogen and oxygen atoms in total. The van der Waals surface area contributed by atoms with E-state index in [0.717, 1.165) is 78.9 Å². The molecule has 107 heavy (non-hydrogen) atoms. The first-order valence-corrected chi connectivity index (χ1v) is 32.0. The van der Waals surface area contributed by atoms with Crippen LogP contribution in [0.4, 0.5) is 0 Å². The molecule has 574 valence electrons. The second kappa shape index (κ2) is 34.2. The van der Waals surface area contributed by atoms with Crippen molar-refractivity contribution in [3.8, 4) is 80.1 Å². The molecule has 5 heterocycles. The second-order valence-corrected chi connectivity index (χ2v) is 24.4. The van der Waals surface area contributed by atoms with Crippen molar-refractivity contribution in [2.24, 2.45) is 0 Å². The Balaban J connectivity index is 0.830. The van der Waals surface area contributed by atoms with Gasteiger partial charge in [-0.05, 0) is 95.6 Å². The Bertz CT molecular complexity index is 4300. The number of carboxylic acid groups (broad SMARTS) is 1. The van der Waals surface area contributed by atoms with Gasteiger partial charge in [-0.25, -0.2) is 9.59 Å². The number of aliphatic carboxylic acids is 1. The molecule has 0 spiro atoms. The number of esters is 4. The van der Waals surface area contributed by atoms with E-state index in [0.29, 0.717) is 5.56 Å². The van der Waals surface area contributed by atoms with Crippen LogP contribution in [0.25, 0.3) is 40.9 Å². The molecule has 1 aliphatic carbocycles. The predicted molar refractivity (Wildman–Crippen MR) is 351 cm³/mol. The van der Waals surface area contributed by atoms with E-state index >= 15 is 0 Å². The van der Waals surface area contributed by atoms with Crippen LogP contribution in [0.2, 0.25) is 0 Å². The van der Waals surface area contributed by atoms with E-state index in [4.69, 9.17) is 66.4 Å². The molecule has 4 aromatic carbocycles. The van der Waals surface area contributed by atoms with E-state index in [9.17, 15) is 121 Å². The Morgan fingerprint density at radius 1 is 0.402 bits per heavy atom. The lowest BCUT2D eigenvalue weighted by Gasteiger charge is -2.40. The van der Waals surface area contributed by atoms with Crippen LogP contribution in [0.5, 0.6) is 57.5 Å². The molecule has 0 radical (unpaired) electrons. The molecule has 0 bridgehead atoms. The summed E-state index contributed by atoms with van der Waals surface area (Å²) in [6.07, 6.45) is -32.9. The smallest absolute Gasteiger partial charge is 0.504 e. The Kier molecular flexibility index (Phi) is 25.2. The molecule has 5 aliphatic heterocycles. The molecule has 4 saturated heterocycles. The maximum atomic E-state index is 14.1. The number of ether oxygens (including phenoxy) is 12. The van der Waals surface area contributed by atoms with Crippen molar-refractivity contribution >= 4 is 48.1 Å². The second-order valence-electron chi connectivity index (χ2n) is 24.4. The number of fused-ring (bicyclic) bond motifs is 1. The molecule has 0 saturated carbocycles. The zero-order chi connectivity index (χ0) is 77.4. The fourth-order valence-electron chi connectivity index (χ4n) is 10.9. The lowest BCUT2D eigenvalue weighted by atomic mass is 9.99. The number of aliphatic hydroxyl groups is 12. The van der Waals surface area contributed by atoms with Gasteiger partial charge in [0.1, 0.15) is 129 Å². The van der Waals surface area contributed by atoms with E-state index in [1.807, 2.05) is 0 Å². The van der Waals surface area contributed by atoms with Gasteiger partial charge in [-0.15, -0.1) is 0 Å². The van der Waals surface area contributed by atoms with Crippen LogP contribution < -0.4 is 24.4 Å². The highest BCUT2D eigenvalue weighted by molar-refractivity contribution is 5.90. The maximum absolute atomic E-state index is 14.1. The normalized spacial score (nSPS) is 28.8. The first kappa shape index (κ1) is 78.8. The average molecular weight is 1510 g/mol. The summed E-state index contributed by atoms with van der Waals surface area (Å²) in [5, 5.41) is 200. The van der Waals surface area contributed by atoms with Crippen molar-refractivity contribution in [3.63, 3.8) is 0 Å². The van der Waals surface area contributed by atoms with Crippen molar-refractivity contribution in [1.82, 2.24) is 0 Å². The topological polar surface area (TPSA) is 615 Å². The van der Waals surface area contributed by atoms with Gasteiger partial charge < -0.3 is 163 Å². The lowest BCUT2D eigenvalue weighted by molar-refractivity contribution is -0.278. The van der Waals surface area contributed by atoms with Crippen LogP contribution in [0.3, 0.4) is 0 Å². The highest BCUT2D eigenvalue weighted by Gasteiger charge is 2.50. The summed E-state index contributed by atoms with van der Waals surface area (Å²) in [7, 11) is 0. The summed E-state index contributed by atoms with van der Waals surface area (Å²) in [4.78, 5) is 73.3. The van der Waals surface area contributed by atoms with E-state index in [1.54, 1.807) is 0 Å². The minimum atomic E-state index is -2.17. The minimum Gasteiger partial charge on any atom is -0.504 e. The number of benzene rings is 5. The van der Waals surface area contributed by atoms with Gasteiger partial charge in [-0.1, -0.05) is 18.2 Å². The number of carboxylic acids is 1. The monoisotopic (exact) mass is 1510 g/mol. The first-order valence-electron chi connectivity index (χ1n) is 32.0. The Morgan fingerprint density at radius 3 is 1.28 bits per heavy atom. The first-order chi connectivity index (χ1) is 50.8. The average Bonchev–Trinajstić information content (AvgIpc) is 0.770. The van der Waals surface area contributed by atoms with Crippen molar-refractivity contribution in [2.45, 2.75) is 129 Å². The lowest BCUT2D eigenvalue weighted by Crippen LogP contribution is -2.60. The van der Waals surface area contributed by atoms with E-state index in [2.05, 4.69) is 0 Å². The van der Waals surface area contributed by atoms with Gasteiger partial charge in [-0.2, -0.15) is 0 Å². The molecule has 4 aromatic rings. The molecule has 38 heteroatoms. The number of carbonyl (C=O) groups excluding carboxylic acids is 4. The molecule has 0 aromatic heterocycles. The van der Waals surface area contributed by atoms with Crippen LogP contribution in [0.15, 0.2) is 118 Å². The summed E-state index contributed by atoms with van der Waals surface area (Å²) in [5.41, 5.74) is -0.802. The Hall–Kier alpha value is -10.8.